The van der Waals surface area contributed by atoms with Crippen LogP contribution in [0.4, 0.5) is 17.6 Å². The first-order valence-electron chi connectivity index (χ1n) is 4.07. The molecule has 8 heteroatoms. The van der Waals surface area contributed by atoms with Crippen molar-refractivity contribution in [3.8, 4) is 0 Å². The van der Waals surface area contributed by atoms with E-state index in [1.54, 1.807) is 6.92 Å². The lowest BCUT2D eigenvalue weighted by molar-refractivity contribution is -0.152. The fraction of sp³-hybridized carbons (Fsp3) is 0.714. The van der Waals surface area contributed by atoms with E-state index in [2.05, 4.69) is 14.7 Å². The van der Waals surface area contributed by atoms with Crippen LogP contribution in [0, 0.1) is 0 Å². The van der Waals surface area contributed by atoms with Crippen molar-refractivity contribution < 1.29 is 27.2 Å². The van der Waals surface area contributed by atoms with Gasteiger partial charge in [0.1, 0.15) is 6.10 Å². The molecule has 1 aromatic heterocycles. The Kier molecular flexibility index (Phi) is 3.28. The Morgan fingerprint density at radius 1 is 1.47 bits per heavy atom. The van der Waals surface area contributed by atoms with Gasteiger partial charge in [0.15, 0.2) is 0 Å². The summed E-state index contributed by atoms with van der Waals surface area (Å²) in [5, 5.41) is 12.1. The topological polar surface area (TPSA) is 59.2 Å². The summed E-state index contributed by atoms with van der Waals surface area (Å²) >= 11 is 0. The van der Waals surface area contributed by atoms with E-state index in [1.807, 2.05) is 0 Å². The summed E-state index contributed by atoms with van der Waals surface area (Å²) < 4.78 is 52.9. The van der Waals surface area contributed by atoms with Crippen LogP contribution in [-0.2, 0) is 5.92 Å². The molecule has 15 heavy (non-hydrogen) atoms. The molecule has 86 valence electrons. The third-order valence-electron chi connectivity index (χ3n) is 1.69. The second-order valence-corrected chi connectivity index (χ2v) is 2.81. The third kappa shape index (κ3) is 2.25. The Morgan fingerprint density at radius 3 is 2.53 bits per heavy atom. The fourth-order valence-electron chi connectivity index (χ4n) is 0.782. The number of aliphatic hydroxyl groups is 1. The van der Waals surface area contributed by atoms with Crippen molar-refractivity contribution in [2.75, 3.05) is 0 Å². The van der Waals surface area contributed by atoms with Gasteiger partial charge in [0.2, 0.25) is 5.82 Å². The molecule has 0 bridgehead atoms. The number of aliphatic hydroxyl groups excluding tert-OH is 1. The summed E-state index contributed by atoms with van der Waals surface area (Å²) in [7, 11) is 0. The van der Waals surface area contributed by atoms with Crippen LogP contribution in [0.5, 0.6) is 0 Å². The summed E-state index contributed by atoms with van der Waals surface area (Å²) in [5.74, 6) is -6.40. The van der Waals surface area contributed by atoms with Crippen molar-refractivity contribution in [1.29, 1.82) is 0 Å². The van der Waals surface area contributed by atoms with Crippen LogP contribution in [0.3, 0.4) is 0 Å². The molecule has 0 saturated carbocycles. The minimum absolute atomic E-state index is 0.166. The van der Waals surface area contributed by atoms with E-state index >= 15 is 0 Å². The average Bonchev–Trinajstić information content (AvgIpc) is 2.65. The Hall–Kier alpha value is -1.18. The summed E-state index contributed by atoms with van der Waals surface area (Å²) in [5.41, 5.74) is 0. The van der Waals surface area contributed by atoms with Crippen molar-refractivity contribution in [2.45, 2.75) is 31.8 Å². The molecule has 1 heterocycles. The predicted molar refractivity (Wildman–Crippen MR) is 39.4 cm³/mol. The SMILES string of the molecule is CCC(O)c1noc(C(F)(F)C(F)F)n1. The number of alkyl halides is 4. The second-order valence-electron chi connectivity index (χ2n) is 2.81. The van der Waals surface area contributed by atoms with Gasteiger partial charge in [-0.25, -0.2) is 8.78 Å². The van der Waals surface area contributed by atoms with Gasteiger partial charge in [0.05, 0.1) is 0 Å². The van der Waals surface area contributed by atoms with E-state index in [4.69, 9.17) is 5.11 Å². The number of hydrogen-bond acceptors (Lipinski definition) is 4. The molecule has 0 aliphatic carbocycles. The van der Waals surface area contributed by atoms with Crippen LogP contribution in [0.15, 0.2) is 4.52 Å². The number of hydrogen-bond donors (Lipinski definition) is 1. The van der Waals surface area contributed by atoms with E-state index in [0.717, 1.165) is 0 Å². The molecular weight excluding hydrogens is 220 g/mol. The molecule has 0 saturated heterocycles. The van der Waals surface area contributed by atoms with Crippen molar-refractivity contribution >= 4 is 0 Å². The molecule has 0 amide bonds. The summed E-state index contributed by atoms with van der Waals surface area (Å²) in [6.45, 7) is 1.55. The van der Waals surface area contributed by atoms with Gasteiger partial charge in [-0.05, 0) is 6.42 Å². The third-order valence-corrected chi connectivity index (χ3v) is 1.69. The highest BCUT2D eigenvalue weighted by Gasteiger charge is 2.48. The zero-order chi connectivity index (χ0) is 11.6. The van der Waals surface area contributed by atoms with E-state index in [9.17, 15) is 17.6 Å². The molecular formula is C7H8F4N2O2. The smallest absolute Gasteiger partial charge is 0.383 e. The number of rotatable bonds is 4. The van der Waals surface area contributed by atoms with Crippen molar-refractivity contribution in [3.05, 3.63) is 11.7 Å². The predicted octanol–water partition coefficient (Wildman–Crippen LogP) is 1.87. The molecule has 0 radical (unpaired) electrons. The maximum absolute atomic E-state index is 12.6. The Balaban J connectivity index is 2.93. The van der Waals surface area contributed by atoms with Gasteiger partial charge in [-0.1, -0.05) is 12.1 Å². The first kappa shape index (κ1) is 11.9. The molecule has 1 N–H and O–H groups in total. The molecule has 0 fully saturated rings. The monoisotopic (exact) mass is 228 g/mol. The van der Waals surface area contributed by atoms with Crippen molar-refractivity contribution in [2.24, 2.45) is 0 Å². The van der Waals surface area contributed by atoms with Crippen molar-refractivity contribution in [1.82, 2.24) is 10.1 Å². The lowest BCUT2D eigenvalue weighted by atomic mass is 10.2. The van der Waals surface area contributed by atoms with Gasteiger partial charge in [-0.3, -0.25) is 0 Å². The highest BCUT2D eigenvalue weighted by Crippen LogP contribution is 2.33. The minimum atomic E-state index is -4.49. The summed E-state index contributed by atoms with van der Waals surface area (Å²) in [6, 6.07) is 0. The molecule has 4 nitrogen and oxygen atoms in total. The summed E-state index contributed by atoms with van der Waals surface area (Å²) in [6.07, 6.45) is -4.96. The van der Waals surface area contributed by atoms with Crippen LogP contribution in [0.1, 0.15) is 31.2 Å². The summed E-state index contributed by atoms with van der Waals surface area (Å²) in [4.78, 5) is 3.02. The maximum Gasteiger partial charge on any atom is 0.383 e. The molecule has 1 atom stereocenters. The normalized spacial score (nSPS) is 14.6. The zero-order valence-electron chi connectivity index (χ0n) is 7.62. The van der Waals surface area contributed by atoms with E-state index < -0.39 is 30.2 Å². The molecule has 1 rings (SSSR count). The van der Waals surface area contributed by atoms with Crippen molar-refractivity contribution in [3.63, 3.8) is 0 Å². The molecule has 0 aliphatic heterocycles. The van der Waals surface area contributed by atoms with Gasteiger partial charge >= 0.3 is 18.2 Å². The van der Waals surface area contributed by atoms with E-state index in [0.29, 0.717) is 0 Å². The first-order valence-corrected chi connectivity index (χ1v) is 4.07. The van der Waals surface area contributed by atoms with Gasteiger partial charge in [-0.15, -0.1) is 0 Å². The molecule has 0 aliphatic rings. The molecule has 1 aromatic rings. The average molecular weight is 228 g/mol. The molecule has 1 unspecified atom stereocenters. The Labute approximate surface area is 81.9 Å². The number of halogens is 4. The van der Waals surface area contributed by atoms with Gasteiger partial charge in [-0.2, -0.15) is 13.8 Å². The van der Waals surface area contributed by atoms with E-state index in [1.165, 1.54) is 0 Å². The molecule has 0 aromatic carbocycles. The highest BCUT2D eigenvalue weighted by molar-refractivity contribution is 4.97. The number of nitrogens with zero attached hydrogens (tertiary/aromatic N) is 2. The maximum atomic E-state index is 12.6. The lowest BCUT2D eigenvalue weighted by Gasteiger charge is -2.08. The lowest BCUT2D eigenvalue weighted by Crippen LogP contribution is -2.24. The van der Waals surface area contributed by atoms with Gasteiger partial charge < -0.3 is 9.63 Å². The Morgan fingerprint density at radius 2 is 2.07 bits per heavy atom. The van der Waals surface area contributed by atoms with E-state index in [-0.39, 0.29) is 6.42 Å². The standard InChI is InChI=1S/C7H8F4N2O2/c1-2-3(14)4-12-6(15-13-4)7(10,11)5(8)9/h3,5,14H,2H2,1H3. The quantitative estimate of drug-likeness (QED) is 0.799. The zero-order valence-corrected chi connectivity index (χ0v) is 7.62. The van der Waals surface area contributed by atoms with Crippen LogP contribution in [-0.4, -0.2) is 21.7 Å². The highest BCUT2D eigenvalue weighted by atomic mass is 19.3. The van der Waals surface area contributed by atoms with Gasteiger partial charge in [0, 0.05) is 0 Å². The van der Waals surface area contributed by atoms with Crippen LogP contribution >= 0.6 is 0 Å². The molecule has 0 spiro atoms. The first-order chi connectivity index (χ1) is 6.89. The second kappa shape index (κ2) is 4.13. The van der Waals surface area contributed by atoms with Crippen LogP contribution < -0.4 is 0 Å². The van der Waals surface area contributed by atoms with Crippen LogP contribution in [0.2, 0.25) is 0 Å². The minimum Gasteiger partial charge on any atom is -0.385 e. The van der Waals surface area contributed by atoms with Gasteiger partial charge in [0.25, 0.3) is 0 Å². The number of aromatic nitrogens is 2. The fourth-order valence-corrected chi connectivity index (χ4v) is 0.782. The Bertz CT molecular complexity index is 329. The van der Waals surface area contributed by atoms with Crippen LogP contribution in [0.25, 0.3) is 0 Å². The largest absolute Gasteiger partial charge is 0.385 e.